The molecule has 2 aromatic carbocycles. The number of benzene rings is 2. The molecular weight excluding hydrogens is 342 g/mol. The van der Waals surface area contributed by atoms with Gasteiger partial charge in [-0.05, 0) is 17.7 Å². The Balaban J connectivity index is 0.00000182. The molecule has 2 aromatic heterocycles. The van der Waals surface area contributed by atoms with Gasteiger partial charge in [0.25, 0.3) is 5.69 Å². The van der Waals surface area contributed by atoms with Gasteiger partial charge in [-0.1, -0.05) is 24.3 Å². The zero-order valence-corrected chi connectivity index (χ0v) is 13.8. The number of hydrogen-bond donors (Lipinski definition) is 0. The summed E-state index contributed by atoms with van der Waals surface area (Å²) in [5.74, 6) is 0.696. The first kappa shape index (κ1) is 16.7. The van der Waals surface area contributed by atoms with E-state index >= 15 is 0 Å². The Morgan fingerprint density at radius 2 is 2.00 bits per heavy atom. The maximum absolute atomic E-state index is 10.9. The molecule has 25 heavy (non-hydrogen) atoms. The molecule has 126 valence electrons. The fraction of sp³-hybridized carbons (Fsp3) is 0.0556. The molecular formula is C18H14ClN3O3. The van der Waals surface area contributed by atoms with E-state index in [0.717, 1.165) is 16.5 Å². The van der Waals surface area contributed by atoms with E-state index in [1.54, 1.807) is 18.6 Å². The lowest BCUT2D eigenvalue weighted by Crippen LogP contribution is -1.98. The first-order valence-corrected chi connectivity index (χ1v) is 7.43. The van der Waals surface area contributed by atoms with Crippen molar-refractivity contribution in [1.82, 2.24) is 9.55 Å². The average Bonchev–Trinajstić information content (AvgIpc) is 3.23. The van der Waals surface area contributed by atoms with Crippen molar-refractivity contribution in [3.8, 4) is 11.3 Å². The molecule has 0 saturated carbocycles. The molecule has 0 aliphatic rings. The van der Waals surface area contributed by atoms with Crippen molar-refractivity contribution < 1.29 is 9.34 Å². The lowest BCUT2D eigenvalue weighted by molar-refractivity contribution is -0.384. The molecule has 0 amide bonds. The number of nitro groups is 1. The Morgan fingerprint density at radius 1 is 1.16 bits per heavy atom. The summed E-state index contributed by atoms with van der Waals surface area (Å²) in [6.45, 7) is 0.674. The number of non-ortho nitro benzene ring substituents is 1. The van der Waals surface area contributed by atoms with Crippen LogP contribution >= 0.6 is 12.4 Å². The van der Waals surface area contributed by atoms with Gasteiger partial charge < -0.3 is 8.98 Å². The number of furan rings is 1. The van der Waals surface area contributed by atoms with Crippen LogP contribution in [0.2, 0.25) is 0 Å². The SMILES string of the molecule is Cl.O=[N+]([O-])c1ccc2oc(-c3ccccc3Cn3ccnc3)cc2c1. The normalized spacial score (nSPS) is 10.6. The van der Waals surface area contributed by atoms with Gasteiger partial charge in [0.15, 0.2) is 0 Å². The molecule has 0 radical (unpaired) electrons. The van der Waals surface area contributed by atoms with E-state index in [0.29, 0.717) is 17.9 Å². The number of fused-ring (bicyclic) bond motifs is 1. The zero-order valence-electron chi connectivity index (χ0n) is 13.0. The monoisotopic (exact) mass is 355 g/mol. The molecule has 4 aromatic rings. The molecule has 0 fully saturated rings. The van der Waals surface area contributed by atoms with Gasteiger partial charge >= 0.3 is 0 Å². The zero-order chi connectivity index (χ0) is 16.5. The molecule has 6 nitrogen and oxygen atoms in total. The van der Waals surface area contributed by atoms with E-state index in [2.05, 4.69) is 4.98 Å². The smallest absolute Gasteiger partial charge is 0.270 e. The van der Waals surface area contributed by atoms with Crippen LogP contribution in [0, 0.1) is 10.1 Å². The Bertz CT molecular complexity index is 1030. The van der Waals surface area contributed by atoms with Gasteiger partial charge in [0.05, 0.1) is 11.3 Å². The van der Waals surface area contributed by atoms with Crippen LogP contribution in [0.1, 0.15) is 5.56 Å². The Kier molecular flexibility index (Phi) is 4.54. The average molecular weight is 356 g/mol. The predicted molar refractivity (Wildman–Crippen MR) is 96.9 cm³/mol. The Labute approximate surface area is 149 Å². The largest absolute Gasteiger partial charge is 0.456 e. The molecule has 0 bridgehead atoms. The standard InChI is InChI=1S/C18H13N3O3.ClH/c22-21(23)15-5-6-17-14(9-15)10-18(24-17)16-4-2-1-3-13(16)11-20-8-7-19-12-20;/h1-10,12H,11H2;1H. The number of aromatic nitrogens is 2. The number of rotatable bonds is 4. The van der Waals surface area contributed by atoms with Crippen LogP contribution in [0.3, 0.4) is 0 Å². The van der Waals surface area contributed by atoms with E-state index in [-0.39, 0.29) is 18.1 Å². The Hall–Kier alpha value is -3.12. The van der Waals surface area contributed by atoms with E-state index < -0.39 is 4.92 Å². The third kappa shape index (κ3) is 3.25. The third-order valence-corrected chi connectivity index (χ3v) is 3.91. The minimum Gasteiger partial charge on any atom is -0.456 e. The first-order chi connectivity index (χ1) is 11.7. The fourth-order valence-electron chi connectivity index (χ4n) is 2.75. The van der Waals surface area contributed by atoms with Crippen molar-refractivity contribution in [2.75, 3.05) is 0 Å². The quantitative estimate of drug-likeness (QED) is 0.393. The van der Waals surface area contributed by atoms with Gasteiger partial charge in [-0.3, -0.25) is 10.1 Å². The van der Waals surface area contributed by atoms with Crippen LogP contribution in [0.5, 0.6) is 0 Å². The first-order valence-electron chi connectivity index (χ1n) is 7.43. The number of halogens is 1. The van der Waals surface area contributed by atoms with Crippen LogP contribution in [0.25, 0.3) is 22.3 Å². The van der Waals surface area contributed by atoms with Gasteiger partial charge in [0, 0.05) is 42.0 Å². The second kappa shape index (κ2) is 6.78. The molecule has 7 heteroatoms. The van der Waals surface area contributed by atoms with Crippen molar-refractivity contribution in [2.24, 2.45) is 0 Å². The molecule has 0 spiro atoms. The van der Waals surface area contributed by atoms with Crippen LogP contribution in [0.15, 0.2) is 71.7 Å². The summed E-state index contributed by atoms with van der Waals surface area (Å²) >= 11 is 0. The minimum atomic E-state index is -0.404. The van der Waals surface area contributed by atoms with Crippen LogP contribution in [0.4, 0.5) is 5.69 Å². The molecule has 0 aliphatic heterocycles. The summed E-state index contributed by atoms with van der Waals surface area (Å²) in [6.07, 6.45) is 5.40. The van der Waals surface area contributed by atoms with Gasteiger partial charge in [-0.25, -0.2) is 4.98 Å². The number of nitro benzene ring substituents is 1. The van der Waals surface area contributed by atoms with Crippen LogP contribution in [-0.4, -0.2) is 14.5 Å². The molecule has 4 rings (SSSR count). The van der Waals surface area contributed by atoms with E-state index in [1.165, 1.54) is 12.1 Å². The highest BCUT2D eigenvalue weighted by Crippen LogP contribution is 2.32. The summed E-state index contributed by atoms with van der Waals surface area (Å²) < 4.78 is 7.88. The fourth-order valence-corrected chi connectivity index (χ4v) is 2.75. The second-order valence-electron chi connectivity index (χ2n) is 5.48. The van der Waals surface area contributed by atoms with Gasteiger partial charge in [-0.2, -0.15) is 0 Å². The van der Waals surface area contributed by atoms with Crippen molar-refractivity contribution >= 4 is 29.1 Å². The summed E-state index contributed by atoms with van der Waals surface area (Å²) in [7, 11) is 0. The van der Waals surface area contributed by atoms with Gasteiger partial charge in [-0.15, -0.1) is 12.4 Å². The number of nitrogens with zero attached hydrogens (tertiary/aromatic N) is 3. The summed E-state index contributed by atoms with van der Waals surface area (Å²) in [5.41, 5.74) is 2.74. The topological polar surface area (TPSA) is 74.1 Å². The van der Waals surface area contributed by atoms with Gasteiger partial charge in [0.1, 0.15) is 11.3 Å². The molecule has 2 heterocycles. The minimum absolute atomic E-state index is 0. The molecule has 0 aliphatic carbocycles. The van der Waals surface area contributed by atoms with Gasteiger partial charge in [0.2, 0.25) is 0 Å². The molecule has 0 atom stereocenters. The maximum atomic E-state index is 10.9. The Morgan fingerprint density at radius 3 is 2.76 bits per heavy atom. The number of hydrogen-bond acceptors (Lipinski definition) is 4. The second-order valence-corrected chi connectivity index (χ2v) is 5.48. The predicted octanol–water partition coefficient (Wildman–Crippen LogP) is 4.67. The van der Waals surface area contributed by atoms with E-state index in [1.807, 2.05) is 41.1 Å². The third-order valence-electron chi connectivity index (χ3n) is 3.91. The summed E-state index contributed by atoms with van der Waals surface area (Å²) in [4.78, 5) is 14.6. The van der Waals surface area contributed by atoms with Crippen molar-refractivity contribution in [3.05, 3.63) is 82.9 Å². The van der Waals surface area contributed by atoms with Crippen molar-refractivity contribution in [1.29, 1.82) is 0 Å². The highest BCUT2D eigenvalue weighted by molar-refractivity contribution is 5.85. The van der Waals surface area contributed by atoms with Crippen LogP contribution < -0.4 is 0 Å². The molecule has 0 saturated heterocycles. The highest BCUT2D eigenvalue weighted by Gasteiger charge is 2.13. The summed E-state index contributed by atoms with van der Waals surface area (Å²) in [6, 6.07) is 14.4. The lowest BCUT2D eigenvalue weighted by Gasteiger charge is -2.07. The van der Waals surface area contributed by atoms with Crippen LogP contribution in [-0.2, 0) is 6.54 Å². The van der Waals surface area contributed by atoms with E-state index in [4.69, 9.17) is 4.42 Å². The number of imidazole rings is 1. The molecule has 0 unspecified atom stereocenters. The highest BCUT2D eigenvalue weighted by atomic mass is 35.5. The summed E-state index contributed by atoms with van der Waals surface area (Å²) in [5, 5.41) is 11.6. The maximum Gasteiger partial charge on any atom is 0.270 e. The van der Waals surface area contributed by atoms with Crippen molar-refractivity contribution in [2.45, 2.75) is 6.54 Å². The van der Waals surface area contributed by atoms with Crippen molar-refractivity contribution in [3.63, 3.8) is 0 Å². The lowest BCUT2D eigenvalue weighted by atomic mass is 10.0. The van der Waals surface area contributed by atoms with E-state index in [9.17, 15) is 10.1 Å². The molecule has 0 N–H and O–H groups in total.